The molecule has 102 valence electrons. The summed E-state index contributed by atoms with van der Waals surface area (Å²) in [6.07, 6.45) is 4.99. The third-order valence-electron chi connectivity index (χ3n) is 4.36. The van der Waals surface area contributed by atoms with Crippen LogP contribution in [0.25, 0.3) is 5.65 Å². The molecule has 4 nitrogen and oxygen atoms in total. The molecule has 0 aromatic carbocycles. The van der Waals surface area contributed by atoms with Gasteiger partial charge in [-0.15, -0.1) is 5.10 Å². The minimum absolute atomic E-state index is 0.302. The third-order valence-corrected chi connectivity index (χ3v) is 4.36. The van der Waals surface area contributed by atoms with Crippen molar-refractivity contribution in [2.75, 3.05) is 5.32 Å². The van der Waals surface area contributed by atoms with E-state index in [0.717, 1.165) is 12.3 Å². The molecular formula is C14H19FN4. The van der Waals surface area contributed by atoms with Crippen molar-refractivity contribution in [3.05, 3.63) is 24.1 Å². The van der Waals surface area contributed by atoms with Gasteiger partial charge >= 0.3 is 0 Å². The minimum atomic E-state index is -0.302. The summed E-state index contributed by atoms with van der Waals surface area (Å²) in [5.74, 6) is 1.71. The van der Waals surface area contributed by atoms with Gasteiger partial charge in [0.2, 0.25) is 5.95 Å². The first-order chi connectivity index (χ1) is 9.17. The van der Waals surface area contributed by atoms with Gasteiger partial charge in [-0.2, -0.15) is 4.98 Å². The second-order valence-corrected chi connectivity index (χ2v) is 5.44. The predicted octanol–water partition coefficient (Wildman–Crippen LogP) is 3.11. The molecule has 5 heteroatoms. The van der Waals surface area contributed by atoms with E-state index in [1.807, 2.05) is 0 Å². The molecule has 3 atom stereocenters. The van der Waals surface area contributed by atoms with E-state index in [1.165, 1.54) is 29.6 Å². The first kappa shape index (κ1) is 12.4. The lowest BCUT2D eigenvalue weighted by atomic mass is 9.94. The molecule has 1 saturated carbocycles. The summed E-state index contributed by atoms with van der Waals surface area (Å²) >= 11 is 0. The highest BCUT2D eigenvalue weighted by molar-refractivity contribution is 5.43. The number of anilines is 1. The van der Waals surface area contributed by atoms with Gasteiger partial charge in [-0.25, -0.2) is 8.91 Å². The highest BCUT2D eigenvalue weighted by Gasteiger charge is 2.32. The lowest BCUT2D eigenvalue weighted by molar-refractivity contribution is 0.391. The van der Waals surface area contributed by atoms with Crippen molar-refractivity contribution in [2.45, 2.75) is 39.2 Å². The zero-order valence-corrected chi connectivity index (χ0v) is 11.3. The highest BCUT2D eigenvalue weighted by atomic mass is 19.1. The number of fused-ring (bicyclic) bond motifs is 1. The van der Waals surface area contributed by atoms with Crippen LogP contribution >= 0.6 is 0 Å². The van der Waals surface area contributed by atoms with E-state index >= 15 is 0 Å². The maximum Gasteiger partial charge on any atom is 0.243 e. The monoisotopic (exact) mass is 262 g/mol. The van der Waals surface area contributed by atoms with Crippen LogP contribution in [0.2, 0.25) is 0 Å². The molecule has 0 amide bonds. The van der Waals surface area contributed by atoms with Gasteiger partial charge in [0, 0.05) is 6.04 Å². The highest BCUT2D eigenvalue weighted by Crippen LogP contribution is 2.35. The van der Waals surface area contributed by atoms with Crippen molar-refractivity contribution in [3.8, 4) is 0 Å². The molecule has 3 unspecified atom stereocenters. The van der Waals surface area contributed by atoms with Crippen LogP contribution in [0.4, 0.5) is 10.3 Å². The first-order valence-corrected chi connectivity index (χ1v) is 6.96. The zero-order valence-electron chi connectivity index (χ0n) is 11.3. The number of aromatic nitrogens is 3. The van der Waals surface area contributed by atoms with Crippen LogP contribution in [-0.2, 0) is 0 Å². The molecule has 1 aliphatic carbocycles. The van der Waals surface area contributed by atoms with Crippen LogP contribution in [0.15, 0.2) is 18.3 Å². The van der Waals surface area contributed by atoms with Crippen LogP contribution < -0.4 is 5.32 Å². The van der Waals surface area contributed by atoms with E-state index in [0.29, 0.717) is 23.6 Å². The lowest BCUT2D eigenvalue weighted by Gasteiger charge is -2.19. The number of rotatable bonds is 3. The zero-order chi connectivity index (χ0) is 13.4. The number of hydrogen-bond acceptors (Lipinski definition) is 3. The Bertz CT molecular complexity index is 580. The first-order valence-electron chi connectivity index (χ1n) is 6.96. The Labute approximate surface area is 112 Å². The second kappa shape index (κ2) is 4.79. The SMILES string of the molecule is CCC1CCC(Nc2nc3ccc(F)cn3n2)C1C. The maximum atomic E-state index is 13.1. The molecule has 1 aliphatic rings. The predicted molar refractivity (Wildman–Crippen MR) is 72.5 cm³/mol. The van der Waals surface area contributed by atoms with Gasteiger partial charge in [0.1, 0.15) is 5.82 Å². The number of hydrogen-bond donors (Lipinski definition) is 1. The van der Waals surface area contributed by atoms with Gasteiger partial charge < -0.3 is 5.32 Å². The molecular weight excluding hydrogens is 243 g/mol. The third kappa shape index (κ3) is 2.29. The molecule has 0 spiro atoms. The van der Waals surface area contributed by atoms with Crippen molar-refractivity contribution in [3.63, 3.8) is 0 Å². The number of nitrogens with one attached hydrogen (secondary N) is 1. The fourth-order valence-electron chi connectivity index (χ4n) is 3.11. The topological polar surface area (TPSA) is 42.2 Å². The van der Waals surface area contributed by atoms with Gasteiger partial charge in [-0.3, -0.25) is 0 Å². The quantitative estimate of drug-likeness (QED) is 0.924. The molecule has 1 N–H and O–H groups in total. The summed E-state index contributed by atoms with van der Waals surface area (Å²) < 4.78 is 14.6. The summed E-state index contributed by atoms with van der Waals surface area (Å²) in [5, 5.41) is 7.68. The summed E-state index contributed by atoms with van der Waals surface area (Å²) in [6.45, 7) is 4.53. The molecule has 1 fully saturated rings. The fraction of sp³-hybridized carbons (Fsp3) is 0.571. The molecule has 2 aromatic heterocycles. The number of nitrogens with zero attached hydrogens (tertiary/aromatic N) is 3. The molecule has 2 heterocycles. The standard InChI is InChI=1S/C14H19FN4/c1-3-10-4-6-12(9(10)2)16-14-17-13-7-5-11(15)8-19(13)18-14/h5,7-10,12H,3-4,6H2,1-2H3,(H,16,18). The molecule has 0 saturated heterocycles. The van der Waals surface area contributed by atoms with Crippen molar-refractivity contribution in [2.24, 2.45) is 11.8 Å². The minimum Gasteiger partial charge on any atom is -0.350 e. The summed E-state index contributed by atoms with van der Waals surface area (Å²) in [4.78, 5) is 4.38. The maximum absolute atomic E-state index is 13.1. The van der Waals surface area contributed by atoms with Gasteiger partial charge in [-0.05, 0) is 36.8 Å². The Morgan fingerprint density at radius 2 is 2.26 bits per heavy atom. The van der Waals surface area contributed by atoms with Crippen molar-refractivity contribution < 1.29 is 4.39 Å². The van der Waals surface area contributed by atoms with Crippen LogP contribution in [0.1, 0.15) is 33.1 Å². The van der Waals surface area contributed by atoms with Gasteiger partial charge in [-0.1, -0.05) is 20.3 Å². The van der Waals surface area contributed by atoms with E-state index in [-0.39, 0.29) is 5.82 Å². The van der Waals surface area contributed by atoms with E-state index in [9.17, 15) is 4.39 Å². The van der Waals surface area contributed by atoms with E-state index < -0.39 is 0 Å². The molecule has 0 radical (unpaired) electrons. The van der Waals surface area contributed by atoms with E-state index in [1.54, 1.807) is 6.07 Å². The second-order valence-electron chi connectivity index (χ2n) is 5.44. The Balaban J connectivity index is 1.78. The number of halogens is 1. The van der Waals surface area contributed by atoms with Crippen LogP contribution in [0.3, 0.4) is 0 Å². The van der Waals surface area contributed by atoms with Crippen LogP contribution in [0.5, 0.6) is 0 Å². The van der Waals surface area contributed by atoms with Crippen LogP contribution in [0, 0.1) is 17.7 Å². The lowest BCUT2D eigenvalue weighted by Crippen LogP contribution is -2.25. The Hall–Kier alpha value is -1.65. The number of pyridine rings is 1. The van der Waals surface area contributed by atoms with Crippen LogP contribution in [-0.4, -0.2) is 20.6 Å². The summed E-state index contributed by atoms with van der Waals surface area (Å²) in [7, 11) is 0. The van der Waals surface area contributed by atoms with E-state index in [2.05, 4.69) is 29.2 Å². The Kier molecular flexibility index (Phi) is 3.12. The van der Waals surface area contributed by atoms with Crippen molar-refractivity contribution in [1.82, 2.24) is 14.6 Å². The summed E-state index contributed by atoms with van der Waals surface area (Å²) in [5.41, 5.74) is 0.668. The van der Waals surface area contributed by atoms with Crippen molar-refractivity contribution in [1.29, 1.82) is 0 Å². The molecule has 19 heavy (non-hydrogen) atoms. The molecule has 0 bridgehead atoms. The molecule has 2 aromatic rings. The smallest absolute Gasteiger partial charge is 0.243 e. The van der Waals surface area contributed by atoms with Crippen molar-refractivity contribution >= 4 is 11.6 Å². The van der Waals surface area contributed by atoms with Gasteiger partial charge in [0.05, 0.1) is 6.20 Å². The van der Waals surface area contributed by atoms with E-state index in [4.69, 9.17) is 0 Å². The van der Waals surface area contributed by atoms with Gasteiger partial charge in [0.15, 0.2) is 5.65 Å². The largest absolute Gasteiger partial charge is 0.350 e. The Morgan fingerprint density at radius 3 is 3.00 bits per heavy atom. The Morgan fingerprint density at radius 1 is 1.42 bits per heavy atom. The average Bonchev–Trinajstić information content (AvgIpc) is 2.93. The molecule has 0 aliphatic heterocycles. The normalized spacial score (nSPS) is 27.0. The molecule has 3 rings (SSSR count). The van der Waals surface area contributed by atoms with Gasteiger partial charge in [0.25, 0.3) is 0 Å². The summed E-state index contributed by atoms with van der Waals surface area (Å²) in [6, 6.07) is 3.46. The average molecular weight is 262 g/mol. The fourth-order valence-corrected chi connectivity index (χ4v) is 3.11.